The van der Waals surface area contributed by atoms with Crippen molar-refractivity contribution in [2.75, 3.05) is 5.75 Å². The summed E-state index contributed by atoms with van der Waals surface area (Å²) in [7, 11) is -3.91. The summed E-state index contributed by atoms with van der Waals surface area (Å²) >= 11 is 0. The topological polar surface area (TPSA) is 109 Å². The Kier molecular flexibility index (Phi) is 3.52. The van der Waals surface area contributed by atoms with E-state index >= 15 is 0 Å². The molecule has 1 rings (SSSR count). The minimum atomic E-state index is -3.91. The summed E-state index contributed by atoms with van der Waals surface area (Å²) in [6, 6.07) is 3.33. The lowest BCUT2D eigenvalue weighted by Gasteiger charge is -2.09. The number of carboxylic acid groups (broad SMARTS) is 2. The average molecular weight is 258 g/mol. The first-order valence-corrected chi connectivity index (χ1v) is 6.28. The van der Waals surface area contributed by atoms with Gasteiger partial charge >= 0.3 is 11.9 Å². The van der Waals surface area contributed by atoms with E-state index < -0.39 is 37.8 Å². The molecule has 0 saturated carbocycles. The lowest BCUT2D eigenvalue weighted by molar-refractivity contribution is 0.0689. The van der Waals surface area contributed by atoms with Crippen LogP contribution >= 0.6 is 0 Å². The van der Waals surface area contributed by atoms with E-state index in [0.29, 0.717) is 0 Å². The fraction of sp³-hybridized carbons (Fsp3) is 0.200. The largest absolute Gasteiger partial charge is 0.478 e. The van der Waals surface area contributed by atoms with Crippen LogP contribution in [0.4, 0.5) is 0 Å². The standard InChI is InChI=1S/C10H10O6S/c1-2-17(15,16)8-6(9(11)12)4-3-5-7(8)10(13)14/h3-5H,2H2,1H3,(H,11,12)(H,13,14). The van der Waals surface area contributed by atoms with Gasteiger partial charge in [-0.25, -0.2) is 18.0 Å². The van der Waals surface area contributed by atoms with Gasteiger partial charge in [-0.2, -0.15) is 0 Å². The zero-order valence-electron chi connectivity index (χ0n) is 8.87. The molecule has 7 heteroatoms. The molecule has 1 aromatic rings. The maximum Gasteiger partial charge on any atom is 0.337 e. The molecule has 0 aromatic heterocycles. The Balaban J connectivity index is 3.74. The van der Waals surface area contributed by atoms with Crippen molar-refractivity contribution in [3.05, 3.63) is 29.3 Å². The van der Waals surface area contributed by atoms with Gasteiger partial charge in [0.05, 0.1) is 21.8 Å². The second kappa shape index (κ2) is 4.54. The van der Waals surface area contributed by atoms with Gasteiger partial charge in [0.25, 0.3) is 0 Å². The second-order valence-corrected chi connectivity index (χ2v) is 5.41. The smallest absolute Gasteiger partial charge is 0.337 e. The number of hydrogen-bond acceptors (Lipinski definition) is 4. The predicted molar refractivity (Wildman–Crippen MR) is 58.1 cm³/mol. The van der Waals surface area contributed by atoms with Gasteiger partial charge in [-0.1, -0.05) is 13.0 Å². The molecule has 0 aliphatic rings. The number of aromatic carboxylic acids is 2. The highest BCUT2D eigenvalue weighted by Crippen LogP contribution is 2.22. The molecule has 0 atom stereocenters. The number of sulfone groups is 1. The average Bonchev–Trinajstić information content (AvgIpc) is 2.27. The quantitative estimate of drug-likeness (QED) is 0.829. The van der Waals surface area contributed by atoms with Crippen LogP contribution < -0.4 is 0 Å². The van der Waals surface area contributed by atoms with Crippen molar-refractivity contribution in [1.82, 2.24) is 0 Å². The SMILES string of the molecule is CCS(=O)(=O)c1c(C(=O)O)cccc1C(=O)O. The minimum Gasteiger partial charge on any atom is -0.478 e. The molecule has 0 heterocycles. The zero-order chi connectivity index (χ0) is 13.2. The van der Waals surface area contributed by atoms with E-state index in [1.165, 1.54) is 13.0 Å². The van der Waals surface area contributed by atoms with Gasteiger partial charge in [0.1, 0.15) is 0 Å². The van der Waals surface area contributed by atoms with Gasteiger partial charge < -0.3 is 10.2 Å². The molecule has 0 aliphatic carbocycles. The van der Waals surface area contributed by atoms with Gasteiger partial charge in [0.2, 0.25) is 0 Å². The van der Waals surface area contributed by atoms with Crippen LogP contribution in [0.3, 0.4) is 0 Å². The summed E-state index contributed by atoms with van der Waals surface area (Å²) in [4.78, 5) is 21.2. The van der Waals surface area contributed by atoms with E-state index in [2.05, 4.69) is 0 Å². The first kappa shape index (κ1) is 13.2. The molecule has 1 aromatic carbocycles. The van der Waals surface area contributed by atoms with Crippen molar-refractivity contribution in [3.8, 4) is 0 Å². The van der Waals surface area contributed by atoms with E-state index in [1.807, 2.05) is 0 Å². The van der Waals surface area contributed by atoms with Crippen molar-refractivity contribution >= 4 is 21.8 Å². The van der Waals surface area contributed by atoms with Crippen LogP contribution in [-0.2, 0) is 9.84 Å². The zero-order valence-corrected chi connectivity index (χ0v) is 9.69. The first-order valence-electron chi connectivity index (χ1n) is 4.63. The van der Waals surface area contributed by atoms with Gasteiger partial charge in [-0.15, -0.1) is 0 Å². The summed E-state index contributed by atoms with van der Waals surface area (Å²) in [6.45, 7) is 1.32. The molecule has 0 bridgehead atoms. The second-order valence-electron chi connectivity index (χ2n) is 3.20. The van der Waals surface area contributed by atoms with Crippen molar-refractivity contribution in [3.63, 3.8) is 0 Å². The highest BCUT2D eigenvalue weighted by Gasteiger charge is 2.27. The van der Waals surface area contributed by atoms with E-state index in [0.717, 1.165) is 12.1 Å². The molecule has 0 radical (unpaired) electrons. The van der Waals surface area contributed by atoms with Gasteiger partial charge in [0.15, 0.2) is 9.84 Å². The molecule has 92 valence electrons. The molecular formula is C10H10O6S. The van der Waals surface area contributed by atoms with E-state index in [4.69, 9.17) is 10.2 Å². The molecule has 0 amide bonds. The van der Waals surface area contributed by atoms with Gasteiger partial charge in [0, 0.05) is 0 Å². The monoisotopic (exact) mass is 258 g/mol. The molecule has 0 fully saturated rings. The molecule has 2 N–H and O–H groups in total. The van der Waals surface area contributed by atoms with Crippen molar-refractivity contribution in [2.45, 2.75) is 11.8 Å². The fourth-order valence-electron chi connectivity index (χ4n) is 1.35. The third-order valence-electron chi connectivity index (χ3n) is 2.17. The summed E-state index contributed by atoms with van der Waals surface area (Å²) < 4.78 is 23.4. The van der Waals surface area contributed by atoms with E-state index in [9.17, 15) is 18.0 Å². The Labute approximate surface area is 97.4 Å². The number of carboxylic acids is 2. The number of benzene rings is 1. The summed E-state index contributed by atoms with van der Waals surface area (Å²) in [5.74, 6) is -3.31. The van der Waals surface area contributed by atoms with Crippen LogP contribution in [0.1, 0.15) is 27.6 Å². The van der Waals surface area contributed by atoms with Gasteiger partial charge in [-0.3, -0.25) is 0 Å². The Morgan fingerprint density at radius 2 is 1.53 bits per heavy atom. The third-order valence-corrected chi connectivity index (χ3v) is 3.99. The Morgan fingerprint density at radius 1 is 1.12 bits per heavy atom. The minimum absolute atomic E-state index is 0.364. The normalized spacial score (nSPS) is 11.1. The lowest BCUT2D eigenvalue weighted by Crippen LogP contribution is -2.16. The summed E-state index contributed by atoms with van der Waals surface area (Å²) in [5, 5.41) is 17.7. The molecule has 0 unspecified atom stereocenters. The van der Waals surface area contributed by atoms with Crippen LogP contribution in [0.5, 0.6) is 0 Å². The van der Waals surface area contributed by atoms with Crippen LogP contribution in [-0.4, -0.2) is 36.3 Å². The first-order chi connectivity index (χ1) is 7.81. The van der Waals surface area contributed by atoms with Crippen LogP contribution in [0.15, 0.2) is 23.1 Å². The number of rotatable bonds is 4. The van der Waals surface area contributed by atoms with Gasteiger partial charge in [-0.05, 0) is 12.1 Å². The fourth-order valence-corrected chi connectivity index (χ4v) is 2.62. The number of hydrogen-bond donors (Lipinski definition) is 2. The number of carbonyl (C=O) groups is 2. The molecule has 17 heavy (non-hydrogen) atoms. The van der Waals surface area contributed by atoms with E-state index in [-0.39, 0.29) is 5.75 Å². The van der Waals surface area contributed by atoms with Crippen molar-refractivity contribution < 1.29 is 28.2 Å². The predicted octanol–water partition coefficient (Wildman–Crippen LogP) is 0.877. The molecule has 6 nitrogen and oxygen atoms in total. The maximum atomic E-state index is 11.7. The Bertz CT molecular complexity index is 540. The van der Waals surface area contributed by atoms with Crippen LogP contribution in [0.25, 0.3) is 0 Å². The van der Waals surface area contributed by atoms with E-state index in [1.54, 1.807) is 0 Å². The highest BCUT2D eigenvalue weighted by molar-refractivity contribution is 7.91. The Hall–Kier alpha value is -1.89. The molecule has 0 spiro atoms. The third kappa shape index (κ3) is 2.44. The molecular weight excluding hydrogens is 248 g/mol. The van der Waals surface area contributed by atoms with Crippen molar-refractivity contribution in [2.24, 2.45) is 0 Å². The Morgan fingerprint density at radius 3 is 1.82 bits per heavy atom. The van der Waals surface area contributed by atoms with Crippen LogP contribution in [0.2, 0.25) is 0 Å². The lowest BCUT2D eigenvalue weighted by atomic mass is 10.1. The maximum absolute atomic E-state index is 11.7. The van der Waals surface area contributed by atoms with Crippen LogP contribution in [0, 0.1) is 0 Å². The van der Waals surface area contributed by atoms with Crippen molar-refractivity contribution in [1.29, 1.82) is 0 Å². The molecule has 0 saturated heterocycles. The highest BCUT2D eigenvalue weighted by atomic mass is 32.2. The summed E-state index contributed by atoms with van der Waals surface area (Å²) in [6.07, 6.45) is 0. The molecule has 0 aliphatic heterocycles. The summed E-state index contributed by atoms with van der Waals surface area (Å²) in [5.41, 5.74) is -1.04.